The molecule has 1 aliphatic heterocycles. The molecule has 1 rings (SSSR count). The molecule has 0 aliphatic carbocycles. The quantitative estimate of drug-likeness (QED) is 0.690. The minimum atomic E-state index is 0.351. The first kappa shape index (κ1) is 11.1. The molecule has 0 amide bonds. The fraction of sp³-hybridized carbons (Fsp3) is 0.889. The van der Waals surface area contributed by atoms with Crippen LogP contribution in [0.2, 0.25) is 0 Å². The van der Waals surface area contributed by atoms with E-state index in [-0.39, 0.29) is 0 Å². The van der Waals surface area contributed by atoms with E-state index < -0.39 is 0 Å². The van der Waals surface area contributed by atoms with E-state index in [0.717, 1.165) is 5.25 Å². The molecular formula is C9H17S3. The molecule has 3 heteroatoms. The molecule has 0 N–H and O–H groups in total. The fourth-order valence-electron chi connectivity index (χ4n) is 1.54. The molecule has 0 saturated carbocycles. The summed E-state index contributed by atoms with van der Waals surface area (Å²) in [6.45, 7) is 2.29. The predicted octanol–water partition coefficient (Wildman–Crippen LogP) is 3.30. The van der Waals surface area contributed by atoms with Crippen LogP contribution in [0.15, 0.2) is 0 Å². The summed E-state index contributed by atoms with van der Waals surface area (Å²) in [6.07, 6.45) is 4.16. The van der Waals surface area contributed by atoms with Gasteiger partial charge in [0.25, 0.3) is 0 Å². The average molecular weight is 221 g/mol. The molecule has 3 atom stereocenters. The van der Waals surface area contributed by atoms with E-state index in [1.54, 1.807) is 0 Å². The largest absolute Gasteiger partial charge is 0.174 e. The average Bonchev–Trinajstić information content (AvgIpc) is 2.17. The Labute approximate surface area is 91.1 Å². The van der Waals surface area contributed by atoms with Crippen molar-refractivity contribution < 1.29 is 0 Å². The van der Waals surface area contributed by atoms with Crippen molar-refractivity contribution in [2.45, 2.75) is 36.7 Å². The van der Waals surface area contributed by atoms with Crippen molar-refractivity contribution in [3.05, 3.63) is 5.75 Å². The number of rotatable bonds is 3. The Morgan fingerprint density at radius 2 is 2.25 bits per heavy atom. The van der Waals surface area contributed by atoms with Crippen LogP contribution in [0, 0.1) is 11.7 Å². The van der Waals surface area contributed by atoms with E-state index in [9.17, 15) is 0 Å². The number of hydrogen-bond donors (Lipinski definition) is 2. The van der Waals surface area contributed by atoms with Crippen LogP contribution in [-0.4, -0.2) is 16.3 Å². The minimum Gasteiger partial charge on any atom is -0.174 e. The van der Waals surface area contributed by atoms with E-state index >= 15 is 0 Å². The highest BCUT2D eigenvalue weighted by Crippen LogP contribution is 2.34. The zero-order valence-corrected chi connectivity index (χ0v) is 10.0. The lowest BCUT2D eigenvalue weighted by atomic mass is 9.99. The Bertz CT molecular complexity index is 121. The SMILES string of the molecule is CC(C(S)[CH]S)C1CCCCS1. The van der Waals surface area contributed by atoms with Crippen molar-refractivity contribution in [3.8, 4) is 0 Å². The highest BCUT2D eigenvalue weighted by atomic mass is 32.2. The summed E-state index contributed by atoms with van der Waals surface area (Å²) in [6, 6.07) is 0. The molecule has 0 aromatic rings. The molecule has 1 heterocycles. The zero-order chi connectivity index (χ0) is 8.97. The Hall–Kier alpha value is 1.05. The van der Waals surface area contributed by atoms with Gasteiger partial charge in [-0.2, -0.15) is 37.0 Å². The van der Waals surface area contributed by atoms with Crippen LogP contribution in [0.25, 0.3) is 0 Å². The summed E-state index contributed by atoms with van der Waals surface area (Å²) in [5.74, 6) is 3.90. The van der Waals surface area contributed by atoms with Gasteiger partial charge in [0.15, 0.2) is 0 Å². The second-order valence-corrected chi connectivity index (χ2v) is 5.65. The van der Waals surface area contributed by atoms with E-state index in [1.807, 2.05) is 5.75 Å². The first-order chi connectivity index (χ1) is 5.75. The molecule has 12 heavy (non-hydrogen) atoms. The molecule has 0 nitrogen and oxygen atoms in total. The van der Waals surface area contributed by atoms with Crippen molar-refractivity contribution in [1.29, 1.82) is 0 Å². The topological polar surface area (TPSA) is 0 Å². The molecule has 1 fully saturated rings. The second kappa shape index (κ2) is 5.71. The highest BCUT2D eigenvalue weighted by molar-refractivity contribution is 8.00. The molecule has 0 aromatic carbocycles. The summed E-state index contributed by atoms with van der Waals surface area (Å²) in [5, 5.41) is 1.16. The summed E-state index contributed by atoms with van der Waals surface area (Å²) in [5.41, 5.74) is 0. The Morgan fingerprint density at radius 3 is 2.75 bits per heavy atom. The smallest absolute Gasteiger partial charge is 0.0263 e. The van der Waals surface area contributed by atoms with Gasteiger partial charge >= 0.3 is 0 Å². The zero-order valence-electron chi connectivity index (χ0n) is 7.44. The Kier molecular flexibility index (Phi) is 5.30. The normalized spacial score (nSPS) is 29.8. The van der Waals surface area contributed by atoms with E-state index in [2.05, 4.69) is 43.9 Å². The number of thioether (sulfide) groups is 1. The van der Waals surface area contributed by atoms with Gasteiger partial charge in [-0.25, -0.2) is 0 Å². The van der Waals surface area contributed by atoms with Gasteiger partial charge in [-0.3, -0.25) is 0 Å². The lowest BCUT2D eigenvalue weighted by molar-refractivity contribution is 0.512. The maximum atomic E-state index is 4.49. The maximum Gasteiger partial charge on any atom is 0.0263 e. The third-order valence-corrected chi connectivity index (χ3v) is 5.29. The Balaban J connectivity index is 2.33. The summed E-state index contributed by atoms with van der Waals surface area (Å²) in [7, 11) is 0. The molecule has 3 unspecified atom stereocenters. The molecule has 1 radical (unpaired) electrons. The van der Waals surface area contributed by atoms with Crippen LogP contribution in [0.1, 0.15) is 26.2 Å². The van der Waals surface area contributed by atoms with Crippen molar-refractivity contribution in [1.82, 2.24) is 0 Å². The van der Waals surface area contributed by atoms with E-state index in [1.165, 1.54) is 25.0 Å². The van der Waals surface area contributed by atoms with E-state index in [0.29, 0.717) is 11.2 Å². The number of hydrogen-bond acceptors (Lipinski definition) is 3. The van der Waals surface area contributed by atoms with Gasteiger partial charge in [-0.15, -0.1) is 0 Å². The van der Waals surface area contributed by atoms with Crippen LogP contribution in [0.3, 0.4) is 0 Å². The molecule has 0 bridgehead atoms. The lowest BCUT2D eigenvalue weighted by Crippen LogP contribution is -2.25. The molecule has 1 saturated heterocycles. The minimum absolute atomic E-state index is 0.351. The van der Waals surface area contributed by atoms with Crippen molar-refractivity contribution in [2.75, 3.05) is 5.75 Å². The van der Waals surface area contributed by atoms with Crippen LogP contribution >= 0.6 is 37.0 Å². The summed E-state index contributed by atoms with van der Waals surface area (Å²) >= 11 is 10.8. The van der Waals surface area contributed by atoms with Crippen molar-refractivity contribution >= 4 is 37.0 Å². The molecule has 71 valence electrons. The standard InChI is InChI=1S/C9H17S3/c1-7(8(11)6-10)9-4-2-3-5-12-9/h6-11H,2-5H2,1H3. The van der Waals surface area contributed by atoms with Gasteiger partial charge in [-0.05, 0) is 24.5 Å². The monoisotopic (exact) mass is 221 g/mol. The van der Waals surface area contributed by atoms with Crippen LogP contribution < -0.4 is 0 Å². The third-order valence-electron chi connectivity index (χ3n) is 2.49. The second-order valence-electron chi connectivity index (χ2n) is 3.40. The number of thiol groups is 2. The van der Waals surface area contributed by atoms with Crippen molar-refractivity contribution in [3.63, 3.8) is 0 Å². The lowest BCUT2D eigenvalue weighted by Gasteiger charge is -2.29. The van der Waals surface area contributed by atoms with Gasteiger partial charge in [0.05, 0.1) is 0 Å². The molecule has 0 spiro atoms. The maximum absolute atomic E-state index is 4.49. The van der Waals surface area contributed by atoms with Crippen LogP contribution in [-0.2, 0) is 0 Å². The summed E-state index contributed by atoms with van der Waals surface area (Å²) in [4.78, 5) is 0. The van der Waals surface area contributed by atoms with Crippen LogP contribution in [0.4, 0.5) is 0 Å². The predicted molar refractivity (Wildman–Crippen MR) is 65.3 cm³/mol. The van der Waals surface area contributed by atoms with Crippen molar-refractivity contribution in [2.24, 2.45) is 5.92 Å². The highest BCUT2D eigenvalue weighted by Gasteiger charge is 2.24. The van der Waals surface area contributed by atoms with E-state index in [4.69, 9.17) is 0 Å². The third kappa shape index (κ3) is 3.08. The van der Waals surface area contributed by atoms with Crippen LogP contribution in [0.5, 0.6) is 0 Å². The summed E-state index contributed by atoms with van der Waals surface area (Å²) < 4.78 is 0. The van der Waals surface area contributed by atoms with Gasteiger partial charge in [0, 0.05) is 16.3 Å². The molecule has 0 aromatic heterocycles. The molecular weight excluding hydrogens is 204 g/mol. The first-order valence-corrected chi connectivity index (χ1v) is 6.61. The van der Waals surface area contributed by atoms with Gasteiger partial charge in [0.1, 0.15) is 0 Å². The van der Waals surface area contributed by atoms with Gasteiger partial charge in [0.2, 0.25) is 0 Å². The molecule has 1 aliphatic rings. The first-order valence-electron chi connectivity index (χ1n) is 4.53. The van der Waals surface area contributed by atoms with Gasteiger partial charge in [-0.1, -0.05) is 13.3 Å². The fourth-order valence-corrected chi connectivity index (χ4v) is 3.61. The Morgan fingerprint density at radius 1 is 1.50 bits per heavy atom. The van der Waals surface area contributed by atoms with Gasteiger partial charge < -0.3 is 0 Å².